The SMILES string of the molecule is O=C(NCC1CCC1)C1CCCC1. The van der Waals surface area contributed by atoms with Crippen molar-refractivity contribution in [1.29, 1.82) is 0 Å². The van der Waals surface area contributed by atoms with Gasteiger partial charge in [0.25, 0.3) is 0 Å². The first kappa shape index (κ1) is 9.04. The third-order valence-corrected chi connectivity index (χ3v) is 3.52. The fourth-order valence-corrected chi connectivity index (χ4v) is 2.27. The Labute approximate surface area is 80.1 Å². The van der Waals surface area contributed by atoms with Crippen LogP contribution in [-0.4, -0.2) is 12.5 Å². The molecule has 0 saturated heterocycles. The van der Waals surface area contributed by atoms with Crippen LogP contribution in [0, 0.1) is 11.8 Å². The quantitative estimate of drug-likeness (QED) is 0.709. The molecule has 2 aliphatic carbocycles. The molecule has 2 rings (SSSR count). The van der Waals surface area contributed by atoms with Gasteiger partial charge in [-0.2, -0.15) is 0 Å². The molecule has 2 aliphatic rings. The predicted molar refractivity (Wildman–Crippen MR) is 52.3 cm³/mol. The molecule has 1 amide bonds. The summed E-state index contributed by atoms with van der Waals surface area (Å²) in [5.74, 6) is 1.47. The van der Waals surface area contributed by atoms with Crippen LogP contribution in [-0.2, 0) is 4.79 Å². The minimum absolute atomic E-state index is 0.324. The highest BCUT2D eigenvalue weighted by Crippen LogP contribution is 2.27. The lowest BCUT2D eigenvalue weighted by molar-refractivity contribution is -0.125. The van der Waals surface area contributed by atoms with Crippen molar-refractivity contribution >= 4 is 5.91 Å². The van der Waals surface area contributed by atoms with Crippen LogP contribution in [0.4, 0.5) is 0 Å². The summed E-state index contributed by atoms with van der Waals surface area (Å²) in [6.45, 7) is 0.940. The molecule has 0 aromatic rings. The second-order valence-electron chi connectivity index (χ2n) is 4.52. The molecule has 0 aliphatic heterocycles. The van der Waals surface area contributed by atoms with Crippen molar-refractivity contribution in [2.24, 2.45) is 11.8 Å². The summed E-state index contributed by atoms with van der Waals surface area (Å²) in [7, 11) is 0. The smallest absolute Gasteiger partial charge is 0.223 e. The number of carbonyl (C=O) groups is 1. The van der Waals surface area contributed by atoms with E-state index in [-0.39, 0.29) is 0 Å². The van der Waals surface area contributed by atoms with E-state index in [1.807, 2.05) is 0 Å². The first-order chi connectivity index (χ1) is 6.36. The number of rotatable bonds is 3. The molecule has 0 heterocycles. The number of carbonyl (C=O) groups excluding carboxylic acids is 1. The van der Waals surface area contributed by atoms with Crippen molar-refractivity contribution in [2.45, 2.75) is 44.9 Å². The number of amides is 1. The molecule has 1 N–H and O–H groups in total. The van der Waals surface area contributed by atoms with Crippen molar-refractivity contribution in [2.75, 3.05) is 6.54 Å². The summed E-state index contributed by atoms with van der Waals surface area (Å²) in [6.07, 6.45) is 8.76. The Bertz CT molecular complexity index is 181. The highest BCUT2D eigenvalue weighted by atomic mass is 16.1. The molecule has 0 atom stereocenters. The van der Waals surface area contributed by atoms with Crippen LogP contribution < -0.4 is 5.32 Å². The summed E-state index contributed by atoms with van der Waals surface area (Å²) in [5.41, 5.74) is 0. The molecule has 0 radical (unpaired) electrons. The molecule has 2 fully saturated rings. The Hall–Kier alpha value is -0.530. The van der Waals surface area contributed by atoms with E-state index in [1.165, 1.54) is 32.1 Å². The summed E-state index contributed by atoms with van der Waals surface area (Å²) >= 11 is 0. The molecule has 2 saturated carbocycles. The number of hydrogen-bond donors (Lipinski definition) is 1. The van der Waals surface area contributed by atoms with Gasteiger partial charge in [0, 0.05) is 12.5 Å². The van der Waals surface area contributed by atoms with Crippen LogP contribution in [0.2, 0.25) is 0 Å². The standard InChI is InChI=1S/C11H19NO/c13-11(10-6-1-2-7-10)12-8-9-4-3-5-9/h9-10H,1-8H2,(H,12,13). The molecule has 0 unspecified atom stereocenters. The minimum Gasteiger partial charge on any atom is -0.356 e. The van der Waals surface area contributed by atoms with Gasteiger partial charge in [-0.25, -0.2) is 0 Å². The Morgan fingerprint density at radius 2 is 1.77 bits per heavy atom. The van der Waals surface area contributed by atoms with E-state index in [0.29, 0.717) is 11.8 Å². The third-order valence-electron chi connectivity index (χ3n) is 3.52. The Kier molecular flexibility index (Phi) is 2.87. The first-order valence-electron chi connectivity index (χ1n) is 5.64. The van der Waals surface area contributed by atoms with Crippen LogP contribution >= 0.6 is 0 Å². The van der Waals surface area contributed by atoms with E-state index in [9.17, 15) is 4.79 Å². The van der Waals surface area contributed by atoms with Crippen LogP contribution in [0.5, 0.6) is 0 Å². The maximum absolute atomic E-state index is 11.6. The summed E-state index contributed by atoms with van der Waals surface area (Å²) < 4.78 is 0. The second kappa shape index (κ2) is 4.12. The van der Waals surface area contributed by atoms with Gasteiger partial charge < -0.3 is 5.32 Å². The fraction of sp³-hybridized carbons (Fsp3) is 0.909. The monoisotopic (exact) mass is 181 g/mol. The van der Waals surface area contributed by atoms with Gasteiger partial charge in [-0.3, -0.25) is 4.79 Å². The molecule has 74 valence electrons. The minimum atomic E-state index is 0.324. The number of hydrogen-bond acceptors (Lipinski definition) is 1. The van der Waals surface area contributed by atoms with Gasteiger partial charge in [-0.1, -0.05) is 19.3 Å². The van der Waals surface area contributed by atoms with E-state index in [0.717, 1.165) is 25.3 Å². The van der Waals surface area contributed by atoms with Crippen LogP contribution in [0.1, 0.15) is 44.9 Å². The molecular weight excluding hydrogens is 162 g/mol. The zero-order chi connectivity index (χ0) is 9.10. The molecular formula is C11H19NO. The van der Waals surface area contributed by atoms with Gasteiger partial charge in [0.05, 0.1) is 0 Å². The van der Waals surface area contributed by atoms with Gasteiger partial charge in [-0.15, -0.1) is 0 Å². The van der Waals surface area contributed by atoms with Gasteiger partial charge in [0.15, 0.2) is 0 Å². The fourth-order valence-electron chi connectivity index (χ4n) is 2.27. The maximum Gasteiger partial charge on any atom is 0.223 e. The van der Waals surface area contributed by atoms with Crippen LogP contribution in [0.3, 0.4) is 0 Å². The summed E-state index contributed by atoms with van der Waals surface area (Å²) in [6, 6.07) is 0. The van der Waals surface area contributed by atoms with Gasteiger partial charge >= 0.3 is 0 Å². The molecule has 0 spiro atoms. The lowest BCUT2D eigenvalue weighted by atomic mass is 9.85. The molecule has 2 heteroatoms. The Balaban J connectivity index is 1.65. The third kappa shape index (κ3) is 2.23. The molecule has 0 bridgehead atoms. The largest absolute Gasteiger partial charge is 0.356 e. The lowest BCUT2D eigenvalue weighted by Crippen LogP contribution is -2.35. The van der Waals surface area contributed by atoms with Gasteiger partial charge in [0.1, 0.15) is 0 Å². The van der Waals surface area contributed by atoms with Gasteiger partial charge in [0.2, 0.25) is 5.91 Å². The van der Waals surface area contributed by atoms with Gasteiger partial charge in [-0.05, 0) is 31.6 Å². The predicted octanol–water partition coefficient (Wildman–Crippen LogP) is 2.09. The van der Waals surface area contributed by atoms with Crippen LogP contribution in [0.25, 0.3) is 0 Å². The van der Waals surface area contributed by atoms with Crippen molar-refractivity contribution in [3.63, 3.8) is 0 Å². The second-order valence-corrected chi connectivity index (χ2v) is 4.52. The highest BCUT2D eigenvalue weighted by molar-refractivity contribution is 5.78. The number of nitrogens with one attached hydrogen (secondary N) is 1. The molecule has 13 heavy (non-hydrogen) atoms. The van der Waals surface area contributed by atoms with Crippen molar-refractivity contribution in [3.8, 4) is 0 Å². The summed E-state index contributed by atoms with van der Waals surface area (Å²) in [4.78, 5) is 11.6. The van der Waals surface area contributed by atoms with E-state index in [4.69, 9.17) is 0 Å². The maximum atomic E-state index is 11.6. The van der Waals surface area contributed by atoms with Crippen molar-refractivity contribution in [1.82, 2.24) is 5.32 Å². The molecule has 0 aromatic carbocycles. The van der Waals surface area contributed by atoms with E-state index in [2.05, 4.69) is 5.32 Å². The van der Waals surface area contributed by atoms with E-state index < -0.39 is 0 Å². The zero-order valence-electron chi connectivity index (χ0n) is 8.22. The molecule has 0 aromatic heterocycles. The zero-order valence-corrected chi connectivity index (χ0v) is 8.22. The average Bonchev–Trinajstić information content (AvgIpc) is 2.52. The topological polar surface area (TPSA) is 29.1 Å². The Morgan fingerprint density at radius 1 is 1.08 bits per heavy atom. The first-order valence-corrected chi connectivity index (χ1v) is 5.64. The average molecular weight is 181 g/mol. The summed E-state index contributed by atoms with van der Waals surface area (Å²) in [5, 5.41) is 3.09. The normalized spacial score (nSPS) is 24.3. The highest BCUT2D eigenvalue weighted by Gasteiger charge is 2.24. The van der Waals surface area contributed by atoms with Crippen molar-refractivity contribution in [3.05, 3.63) is 0 Å². The van der Waals surface area contributed by atoms with Crippen molar-refractivity contribution < 1.29 is 4.79 Å². The Morgan fingerprint density at radius 3 is 2.31 bits per heavy atom. The van der Waals surface area contributed by atoms with E-state index >= 15 is 0 Å². The van der Waals surface area contributed by atoms with E-state index in [1.54, 1.807) is 0 Å². The molecule has 2 nitrogen and oxygen atoms in total. The van der Waals surface area contributed by atoms with Crippen LogP contribution in [0.15, 0.2) is 0 Å². The lowest BCUT2D eigenvalue weighted by Gasteiger charge is -2.26.